The lowest BCUT2D eigenvalue weighted by Gasteiger charge is -2.07. The molecule has 2 aromatic rings. The number of pyridine rings is 1. The van der Waals surface area contributed by atoms with E-state index in [-0.39, 0.29) is 0 Å². The Morgan fingerprint density at radius 1 is 1.43 bits per heavy atom. The molecule has 0 spiro atoms. The van der Waals surface area contributed by atoms with E-state index in [9.17, 15) is 0 Å². The van der Waals surface area contributed by atoms with Gasteiger partial charge in [-0.2, -0.15) is 0 Å². The summed E-state index contributed by atoms with van der Waals surface area (Å²) in [6.45, 7) is 0.844. The van der Waals surface area contributed by atoms with Crippen molar-refractivity contribution in [3.63, 3.8) is 0 Å². The van der Waals surface area contributed by atoms with Crippen LogP contribution in [0.25, 0.3) is 5.52 Å². The number of rotatable bonds is 2. The zero-order chi connectivity index (χ0) is 10.1. The fourth-order valence-corrected chi connectivity index (χ4v) is 1.98. The first kappa shape index (κ1) is 9.68. The minimum Gasteiger partial charge on any atom is -0.302 e. The summed E-state index contributed by atoms with van der Waals surface area (Å²) in [5, 5.41) is 0. The van der Waals surface area contributed by atoms with Gasteiger partial charge in [-0.15, -0.1) is 0 Å². The number of hydrogen-bond acceptors (Lipinski definition) is 2. The molecular formula is C10H12BrN3. The molecule has 3 nitrogen and oxygen atoms in total. The third-order valence-electron chi connectivity index (χ3n) is 2.03. The molecular weight excluding hydrogens is 242 g/mol. The van der Waals surface area contributed by atoms with Crippen LogP contribution in [0, 0.1) is 0 Å². The highest BCUT2D eigenvalue weighted by molar-refractivity contribution is 9.10. The molecule has 2 rings (SSSR count). The smallest absolute Gasteiger partial charge is 0.132 e. The van der Waals surface area contributed by atoms with Gasteiger partial charge < -0.3 is 9.30 Å². The topological polar surface area (TPSA) is 20.5 Å². The highest BCUT2D eigenvalue weighted by atomic mass is 79.9. The summed E-state index contributed by atoms with van der Waals surface area (Å²) in [6, 6.07) is 6.08. The quantitative estimate of drug-likeness (QED) is 0.818. The summed E-state index contributed by atoms with van der Waals surface area (Å²) in [5.74, 6) is 1.05. The zero-order valence-corrected chi connectivity index (χ0v) is 9.82. The molecule has 0 atom stereocenters. The molecule has 74 valence electrons. The van der Waals surface area contributed by atoms with Crippen molar-refractivity contribution in [2.75, 3.05) is 14.1 Å². The molecule has 0 amide bonds. The number of fused-ring (bicyclic) bond motifs is 1. The van der Waals surface area contributed by atoms with Gasteiger partial charge >= 0.3 is 0 Å². The minimum atomic E-state index is 0.844. The Kier molecular flexibility index (Phi) is 2.56. The van der Waals surface area contributed by atoms with Gasteiger partial charge in [0.2, 0.25) is 0 Å². The molecule has 4 heteroatoms. The zero-order valence-electron chi connectivity index (χ0n) is 8.24. The lowest BCUT2D eigenvalue weighted by Crippen LogP contribution is -2.13. The Morgan fingerprint density at radius 3 is 2.93 bits per heavy atom. The van der Waals surface area contributed by atoms with Crippen LogP contribution >= 0.6 is 15.9 Å². The van der Waals surface area contributed by atoms with E-state index in [0.29, 0.717) is 0 Å². The first-order valence-corrected chi connectivity index (χ1v) is 5.24. The maximum Gasteiger partial charge on any atom is 0.132 e. The van der Waals surface area contributed by atoms with E-state index in [0.717, 1.165) is 22.5 Å². The van der Waals surface area contributed by atoms with Crippen molar-refractivity contribution in [3.8, 4) is 0 Å². The first-order chi connectivity index (χ1) is 6.68. The highest BCUT2D eigenvalue weighted by Crippen LogP contribution is 2.18. The lowest BCUT2D eigenvalue weighted by molar-refractivity contribution is 0.389. The summed E-state index contributed by atoms with van der Waals surface area (Å²) in [5.41, 5.74) is 1.12. The van der Waals surface area contributed by atoms with E-state index >= 15 is 0 Å². The molecule has 0 fully saturated rings. The van der Waals surface area contributed by atoms with Crippen LogP contribution in [0.15, 0.2) is 29.0 Å². The van der Waals surface area contributed by atoms with E-state index in [1.807, 2.05) is 32.4 Å². The predicted molar refractivity (Wildman–Crippen MR) is 60.3 cm³/mol. The number of halogens is 1. The van der Waals surface area contributed by atoms with Crippen molar-refractivity contribution in [1.29, 1.82) is 0 Å². The fraction of sp³-hybridized carbons (Fsp3) is 0.300. The Bertz CT molecular complexity index is 448. The van der Waals surface area contributed by atoms with Crippen molar-refractivity contribution in [1.82, 2.24) is 14.3 Å². The predicted octanol–water partition coefficient (Wildman–Crippen LogP) is 2.16. The van der Waals surface area contributed by atoms with E-state index in [4.69, 9.17) is 0 Å². The van der Waals surface area contributed by atoms with Crippen molar-refractivity contribution >= 4 is 21.4 Å². The van der Waals surface area contributed by atoms with Gasteiger partial charge in [0.05, 0.1) is 12.1 Å². The van der Waals surface area contributed by atoms with Crippen LogP contribution in [0.3, 0.4) is 0 Å². The second kappa shape index (κ2) is 3.71. The van der Waals surface area contributed by atoms with E-state index < -0.39 is 0 Å². The van der Waals surface area contributed by atoms with Crippen LogP contribution in [0.2, 0.25) is 0 Å². The fourth-order valence-electron chi connectivity index (χ4n) is 1.46. The van der Waals surface area contributed by atoms with Crippen LogP contribution < -0.4 is 0 Å². The second-order valence-corrected chi connectivity index (χ2v) is 4.26. The van der Waals surface area contributed by atoms with Crippen molar-refractivity contribution < 1.29 is 0 Å². The monoisotopic (exact) mass is 253 g/mol. The number of aromatic nitrogens is 2. The molecule has 2 heterocycles. The Morgan fingerprint density at radius 2 is 2.21 bits per heavy atom. The van der Waals surface area contributed by atoms with Crippen LogP contribution in [0.5, 0.6) is 0 Å². The average molecular weight is 254 g/mol. The van der Waals surface area contributed by atoms with Crippen molar-refractivity contribution in [2.45, 2.75) is 6.54 Å². The SMILES string of the molecule is CN(C)Cc1nc(Br)c2ccccn12. The van der Waals surface area contributed by atoms with Crippen LogP contribution in [-0.4, -0.2) is 28.4 Å². The summed E-state index contributed by atoms with van der Waals surface area (Å²) >= 11 is 3.46. The molecule has 2 aromatic heterocycles. The summed E-state index contributed by atoms with van der Waals surface area (Å²) in [7, 11) is 4.08. The number of imidazole rings is 1. The first-order valence-electron chi connectivity index (χ1n) is 4.44. The van der Waals surface area contributed by atoms with Gasteiger partial charge in [-0.05, 0) is 42.2 Å². The molecule has 0 radical (unpaired) electrons. The van der Waals surface area contributed by atoms with Gasteiger partial charge in [0, 0.05) is 6.20 Å². The summed E-state index contributed by atoms with van der Waals surface area (Å²) < 4.78 is 3.01. The molecule has 0 aliphatic rings. The maximum atomic E-state index is 4.47. The van der Waals surface area contributed by atoms with E-state index in [2.05, 4.69) is 36.3 Å². The van der Waals surface area contributed by atoms with Gasteiger partial charge in [-0.25, -0.2) is 4.98 Å². The lowest BCUT2D eigenvalue weighted by atomic mass is 10.4. The van der Waals surface area contributed by atoms with Gasteiger partial charge in [-0.1, -0.05) is 6.07 Å². The molecule has 0 saturated heterocycles. The molecule has 14 heavy (non-hydrogen) atoms. The minimum absolute atomic E-state index is 0.844. The van der Waals surface area contributed by atoms with Crippen molar-refractivity contribution in [3.05, 3.63) is 34.8 Å². The normalized spacial score (nSPS) is 11.4. The molecule has 0 unspecified atom stereocenters. The van der Waals surface area contributed by atoms with E-state index in [1.165, 1.54) is 0 Å². The summed E-state index contributed by atoms with van der Waals surface area (Å²) in [6.07, 6.45) is 2.03. The number of nitrogens with zero attached hydrogens (tertiary/aromatic N) is 3. The van der Waals surface area contributed by atoms with Gasteiger partial charge in [0.25, 0.3) is 0 Å². The second-order valence-electron chi connectivity index (χ2n) is 3.51. The van der Waals surface area contributed by atoms with Crippen molar-refractivity contribution in [2.24, 2.45) is 0 Å². The van der Waals surface area contributed by atoms with Crippen LogP contribution in [0.1, 0.15) is 5.82 Å². The van der Waals surface area contributed by atoms with Crippen LogP contribution in [0.4, 0.5) is 0 Å². The maximum absolute atomic E-state index is 4.47. The van der Waals surface area contributed by atoms with Gasteiger partial charge in [-0.3, -0.25) is 0 Å². The third kappa shape index (κ3) is 1.67. The van der Waals surface area contributed by atoms with Crippen LogP contribution in [-0.2, 0) is 6.54 Å². The number of hydrogen-bond donors (Lipinski definition) is 0. The molecule has 0 N–H and O–H groups in total. The van der Waals surface area contributed by atoms with Gasteiger partial charge in [0.15, 0.2) is 0 Å². The molecule has 0 aromatic carbocycles. The molecule has 0 aliphatic heterocycles. The molecule has 0 aliphatic carbocycles. The van der Waals surface area contributed by atoms with E-state index in [1.54, 1.807) is 0 Å². The molecule has 0 bridgehead atoms. The van der Waals surface area contributed by atoms with Gasteiger partial charge in [0.1, 0.15) is 10.4 Å². The third-order valence-corrected chi connectivity index (χ3v) is 2.62. The Labute approximate surface area is 91.5 Å². The Hall–Kier alpha value is -0.870. The molecule has 0 saturated carbocycles. The average Bonchev–Trinajstić information content (AvgIpc) is 2.44. The largest absolute Gasteiger partial charge is 0.302 e. The summed E-state index contributed by atoms with van der Waals surface area (Å²) in [4.78, 5) is 6.57. The standard InChI is InChI=1S/C10H12BrN3/c1-13(2)7-9-12-10(11)8-5-3-4-6-14(8)9/h3-6H,7H2,1-2H3. The Balaban J connectivity index is 2.55. The highest BCUT2D eigenvalue weighted by Gasteiger charge is 2.07.